The topological polar surface area (TPSA) is 73.0 Å². The summed E-state index contributed by atoms with van der Waals surface area (Å²) in [6.45, 7) is 0. The Bertz CT molecular complexity index is 1300. The summed E-state index contributed by atoms with van der Waals surface area (Å²) in [6.07, 6.45) is -4.02. The van der Waals surface area contributed by atoms with E-state index < -0.39 is 34.9 Å². The number of alkyl halides is 3. The molecule has 0 saturated carbocycles. The van der Waals surface area contributed by atoms with E-state index in [-0.39, 0.29) is 16.9 Å². The molecule has 0 bridgehead atoms. The van der Waals surface area contributed by atoms with Crippen molar-refractivity contribution in [3.8, 4) is 28.3 Å². The maximum Gasteiger partial charge on any atom is 0.434 e. The van der Waals surface area contributed by atoms with E-state index in [0.29, 0.717) is 15.3 Å². The van der Waals surface area contributed by atoms with Crippen molar-refractivity contribution in [2.45, 2.75) is 6.18 Å². The molecule has 164 valence electrons. The number of nitrogens with one attached hydrogen (secondary N) is 1. The second-order valence-electron chi connectivity index (χ2n) is 6.62. The van der Waals surface area contributed by atoms with Crippen LogP contribution in [0, 0.1) is 5.82 Å². The zero-order valence-corrected chi connectivity index (χ0v) is 17.0. The molecule has 32 heavy (non-hydrogen) atoms. The van der Waals surface area contributed by atoms with Crippen molar-refractivity contribution in [1.29, 1.82) is 0 Å². The molecule has 2 aromatic carbocycles. The fraction of sp³-hybridized carbons (Fsp3) is 0.0952. The Morgan fingerprint density at radius 2 is 1.88 bits per heavy atom. The average molecular weight is 465 g/mol. The molecule has 0 aliphatic heterocycles. The van der Waals surface area contributed by atoms with Crippen LogP contribution in [0.3, 0.4) is 0 Å². The minimum Gasteiger partial charge on any atom is -0.355 e. The second-order valence-corrected chi connectivity index (χ2v) is 7.05. The molecule has 4 aromatic rings. The van der Waals surface area contributed by atoms with E-state index in [2.05, 4.69) is 15.6 Å². The zero-order chi connectivity index (χ0) is 23.0. The van der Waals surface area contributed by atoms with Crippen LogP contribution in [-0.4, -0.2) is 27.9 Å². The van der Waals surface area contributed by atoms with Gasteiger partial charge in [-0.05, 0) is 30.3 Å². The molecule has 4 rings (SSSR count). The van der Waals surface area contributed by atoms with Gasteiger partial charge in [-0.25, -0.2) is 9.07 Å². The first-order chi connectivity index (χ1) is 15.2. The fourth-order valence-corrected chi connectivity index (χ4v) is 3.33. The van der Waals surface area contributed by atoms with Gasteiger partial charge in [-0.15, -0.1) is 0 Å². The number of aromatic nitrogens is 3. The molecule has 2 aromatic heterocycles. The summed E-state index contributed by atoms with van der Waals surface area (Å²) >= 11 is 5.89. The molecule has 1 amide bonds. The van der Waals surface area contributed by atoms with E-state index in [1.54, 1.807) is 24.3 Å². The van der Waals surface area contributed by atoms with Crippen LogP contribution in [0.15, 0.2) is 59.3 Å². The van der Waals surface area contributed by atoms with E-state index in [4.69, 9.17) is 16.1 Å². The number of carbonyl (C=O) groups excluding carboxylic acids is 1. The van der Waals surface area contributed by atoms with Crippen molar-refractivity contribution >= 4 is 17.5 Å². The second kappa shape index (κ2) is 8.12. The Morgan fingerprint density at radius 1 is 1.16 bits per heavy atom. The number of carbonyl (C=O) groups is 1. The third kappa shape index (κ3) is 3.84. The first-order valence-electron chi connectivity index (χ1n) is 9.10. The number of halogens is 5. The lowest BCUT2D eigenvalue weighted by atomic mass is 10.0. The van der Waals surface area contributed by atoms with E-state index >= 15 is 0 Å². The van der Waals surface area contributed by atoms with Crippen LogP contribution >= 0.6 is 11.6 Å². The third-order valence-corrected chi connectivity index (χ3v) is 4.85. The quantitative estimate of drug-likeness (QED) is 0.412. The van der Waals surface area contributed by atoms with Crippen molar-refractivity contribution in [2.75, 3.05) is 7.05 Å². The lowest BCUT2D eigenvalue weighted by molar-refractivity contribution is -0.142. The summed E-state index contributed by atoms with van der Waals surface area (Å²) in [7, 11) is 1.32. The number of amides is 1. The number of hydrogen-bond acceptors (Lipinski definition) is 4. The van der Waals surface area contributed by atoms with Crippen LogP contribution in [0.4, 0.5) is 17.6 Å². The minimum atomic E-state index is -4.91. The van der Waals surface area contributed by atoms with Gasteiger partial charge >= 0.3 is 6.18 Å². The molecule has 0 aliphatic carbocycles. The molecular formula is C21H13ClF4N4O2. The van der Waals surface area contributed by atoms with Crippen molar-refractivity contribution in [1.82, 2.24) is 20.3 Å². The standard InChI is InChI=1S/C21H13ClF4N4O2/c1-27-20(31)16-17(11-5-7-12(22)8-6-11)29-32-18(16)15-10-28-30(19(15)21(24,25)26)14-4-2-3-13(23)9-14/h2-10H,1H3,(H,27,31). The van der Waals surface area contributed by atoms with E-state index in [1.165, 1.54) is 19.2 Å². The van der Waals surface area contributed by atoms with E-state index in [0.717, 1.165) is 18.3 Å². The van der Waals surface area contributed by atoms with Gasteiger partial charge in [0, 0.05) is 17.6 Å². The van der Waals surface area contributed by atoms with Crippen LogP contribution in [0.25, 0.3) is 28.3 Å². The minimum absolute atomic E-state index is 0.0302. The highest BCUT2D eigenvalue weighted by Gasteiger charge is 2.41. The van der Waals surface area contributed by atoms with Gasteiger partial charge in [-0.2, -0.15) is 18.3 Å². The van der Waals surface area contributed by atoms with Crippen LogP contribution in [0.2, 0.25) is 5.02 Å². The summed E-state index contributed by atoms with van der Waals surface area (Å²) in [5.74, 6) is -1.87. The van der Waals surface area contributed by atoms with Gasteiger partial charge in [-0.1, -0.05) is 35.0 Å². The summed E-state index contributed by atoms with van der Waals surface area (Å²) in [6, 6.07) is 10.7. The fourth-order valence-electron chi connectivity index (χ4n) is 3.21. The highest BCUT2D eigenvalue weighted by atomic mass is 35.5. The molecule has 0 atom stereocenters. The van der Waals surface area contributed by atoms with Gasteiger partial charge in [0.25, 0.3) is 5.91 Å². The molecule has 2 heterocycles. The Balaban J connectivity index is 1.96. The molecule has 0 radical (unpaired) electrons. The molecular weight excluding hydrogens is 452 g/mol. The molecule has 0 fully saturated rings. The molecule has 0 spiro atoms. The number of nitrogens with zero attached hydrogens (tertiary/aromatic N) is 3. The first-order valence-corrected chi connectivity index (χ1v) is 9.47. The number of benzene rings is 2. The first kappa shape index (κ1) is 21.6. The SMILES string of the molecule is CNC(=O)c1c(-c2ccc(Cl)cc2)noc1-c1cnn(-c2cccc(F)c2)c1C(F)(F)F. The maximum atomic E-state index is 14.1. The zero-order valence-electron chi connectivity index (χ0n) is 16.2. The normalized spacial score (nSPS) is 11.6. The Morgan fingerprint density at radius 3 is 2.50 bits per heavy atom. The van der Waals surface area contributed by atoms with Gasteiger partial charge in [0.2, 0.25) is 0 Å². The number of hydrogen-bond donors (Lipinski definition) is 1. The van der Waals surface area contributed by atoms with Gasteiger partial charge in [0.1, 0.15) is 17.1 Å². The van der Waals surface area contributed by atoms with Crippen molar-refractivity contribution in [3.05, 3.63) is 76.8 Å². The van der Waals surface area contributed by atoms with Gasteiger partial charge in [0.15, 0.2) is 11.5 Å². The molecule has 6 nitrogen and oxygen atoms in total. The summed E-state index contributed by atoms with van der Waals surface area (Å²) in [5.41, 5.74) is -1.68. The van der Waals surface area contributed by atoms with Crippen LogP contribution in [0.5, 0.6) is 0 Å². The van der Waals surface area contributed by atoms with Crippen molar-refractivity contribution in [3.63, 3.8) is 0 Å². The van der Waals surface area contributed by atoms with Gasteiger partial charge < -0.3 is 9.84 Å². The molecule has 0 unspecified atom stereocenters. The number of rotatable bonds is 4. The third-order valence-electron chi connectivity index (χ3n) is 4.60. The maximum absolute atomic E-state index is 14.1. The largest absolute Gasteiger partial charge is 0.434 e. The average Bonchev–Trinajstić information content (AvgIpc) is 3.38. The summed E-state index contributed by atoms with van der Waals surface area (Å²) < 4.78 is 61.6. The lowest BCUT2D eigenvalue weighted by Gasteiger charge is -2.12. The Hall–Kier alpha value is -3.66. The Labute approximate surface area is 183 Å². The predicted octanol–water partition coefficient (Wildman–Crippen LogP) is 5.37. The van der Waals surface area contributed by atoms with Crippen molar-refractivity contribution < 1.29 is 26.9 Å². The van der Waals surface area contributed by atoms with Gasteiger partial charge in [0.05, 0.1) is 17.4 Å². The highest BCUT2D eigenvalue weighted by molar-refractivity contribution is 6.30. The molecule has 0 aliphatic rings. The summed E-state index contributed by atoms with van der Waals surface area (Å²) in [5, 5.41) is 10.4. The van der Waals surface area contributed by atoms with Crippen LogP contribution in [0.1, 0.15) is 16.1 Å². The highest BCUT2D eigenvalue weighted by Crippen LogP contribution is 2.41. The summed E-state index contributed by atoms with van der Waals surface area (Å²) in [4.78, 5) is 12.6. The van der Waals surface area contributed by atoms with Gasteiger partial charge in [-0.3, -0.25) is 4.79 Å². The Kier molecular flexibility index (Phi) is 5.47. The van der Waals surface area contributed by atoms with E-state index in [1.807, 2.05) is 0 Å². The van der Waals surface area contributed by atoms with E-state index in [9.17, 15) is 22.4 Å². The molecule has 1 N–H and O–H groups in total. The molecule has 11 heteroatoms. The van der Waals surface area contributed by atoms with Crippen molar-refractivity contribution in [2.24, 2.45) is 0 Å². The molecule has 0 saturated heterocycles. The lowest BCUT2D eigenvalue weighted by Crippen LogP contribution is -2.19. The smallest absolute Gasteiger partial charge is 0.355 e. The predicted molar refractivity (Wildman–Crippen MR) is 108 cm³/mol. The van der Waals surface area contributed by atoms with Crippen LogP contribution in [-0.2, 0) is 6.18 Å². The monoisotopic (exact) mass is 464 g/mol. The van der Waals surface area contributed by atoms with Crippen LogP contribution < -0.4 is 5.32 Å².